The Morgan fingerprint density at radius 1 is 1.04 bits per heavy atom. The van der Waals surface area contributed by atoms with Crippen LogP contribution in [0.1, 0.15) is 17.2 Å². The smallest absolute Gasteiger partial charge is 0.225 e. The van der Waals surface area contributed by atoms with Gasteiger partial charge in [0.05, 0.1) is 6.04 Å². The monoisotopic (exact) mass is 366 g/mol. The summed E-state index contributed by atoms with van der Waals surface area (Å²) in [5, 5.41) is 29.1. The van der Waals surface area contributed by atoms with E-state index in [4.69, 9.17) is 0 Å². The van der Waals surface area contributed by atoms with Crippen LogP contribution in [0, 0.1) is 0 Å². The molecule has 26 heavy (non-hydrogen) atoms. The third-order valence-corrected chi connectivity index (χ3v) is 4.96. The molecule has 0 fully saturated rings. The number of aromatic amines is 1. The number of hydrogen-bond donors (Lipinski definition) is 3. The van der Waals surface area contributed by atoms with E-state index >= 15 is 0 Å². The first-order valence-corrected chi connectivity index (χ1v) is 9.39. The molecule has 0 aliphatic carbocycles. The first-order chi connectivity index (χ1) is 12.7. The molecule has 1 aliphatic heterocycles. The molecule has 0 unspecified atom stereocenters. The Labute approximate surface area is 155 Å². The molecule has 0 amide bonds. The number of H-pyrrole nitrogens is 1. The molecule has 0 spiro atoms. The van der Waals surface area contributed by atoms with E-state index in [0.29, 0.717) is 16.7 Å². The van der Waals surface area contributed by atoms with Gasteiger partial charge >= 0.3 is 0 Å². The third kappa shape index (κ3) is 2.75. The maximum Gasteiger partial charge on any atom is 0.225 e. The van der Waals surface area contributed by atoms with Gasteiger partial charge in [-0.15, -0.1) is 5.10 Å². The van der Waals surface area contributed by atoms with E-state index < -0.39 is 12.3 Å². The summed E-state index contributed by atoms with van der Waals surface area (Å²) in [6.45, 7) is 0. The second-order valence-corrected chi connectivity index (χ2v) is 6.68. The van der Waals surface area contributed by atoms with Crippen molar-refractivity contribution in [2.24, 2.45) is 0 Å². The highest BCUT2D eigenvalue weighted by atomic mass is 32.2. The predicted octanol–water partition coefficient (Wildman–Crippen LogP) is 3.38. The fourth-order valence-corrected chi connectivity index (χ4v) is 3.58. The molecular weight excluding hydrogens is 348 g/mol. The van der Waals surface area contributed by atoms with Gasteiger partial charge in [0, 0.05) is 5.57 Å². The minimum Gasteiger partial charge on any atom is -0.507 e. The van der Waals surface area contributed by atoms with Crippen LogP contribution in [0.3, 0.4) is 0 Å². The summed E-state index contributed by atoms with van der Waals surface area (Å²) in [6.07, 6.45) is 0.672. The van der Waals surface area contributed by atoms with Crippen molar-refractivity contribution in [1.82, 2.24) is 15.2 Å². The quantitative estimate of drug-likeness (QED) is 0.614. The first-order valence-electron chi connectivity index (χ1n) is 8.17. The molecule has 2 heterocycles. The highest BCUT2D eigenvalue weighted by molar-refractivity contribution is 7.98. The molecule has 0 saturated carbocycles. The average molecular weight is 366 g/mol. The lowest BCUT2D eigenvalue weighted by Gasteiger charge is -2.28. The summed E-state index contributed by atoms with van der Waals surface area (Å²) in [6, 6.07) is 18.9. The van der Waals surface area contributed by atoms with Crippen LogP contribution < -0.4 is 4.90 Å². The van der Waals surface area contributed by atoms with Crippen molar-refractivity contribution in [3.8, 4) is 0 Å². The maximum atomic E-state index is 10.8. The number of aromatic nitrogens is 3. The zero-order valence-electron chi connectivity index (χ0n) is 14.1. The molecule has 1 aromatic heterocycles. The van der Waals surface area contributed by atoms with Gasteiger partial charge in [0.2, 0.25) is 11.1 Å². The molecule has 7 heteroatoms. The van der Waals surface area contributed by atoms with E-state index in [1.54, 1.807) is 4.90 Å². The van der Waals surface area contributed by atoms with Crippen molar-refractivity contribution in [2.75, 3.05) is 11.2 Å². The van der Waals surface area contributed by atoms with E-state index in [2.05, 4.69) is 15.2 Å². The van der Waals surface area contributed by atoms with Crippen molar-refractivity contribution in [2.45, 2.75) is 17.4 Å². The van der Waals surface area contributed by atoms with Crippen LogP contribution in [-0.4, -0.2) is 37.9 Å². The molecule has 0 saturated heterocycles. The van der Waals surface area contributed by atoms with Gasteiger partial charge in [-0.25, -0.2) is 5.10 Å². The van der Waals surface area contributed by atoms with Crippen LogP contribution in [0.15, 0.2) is 71.6 Å². The predicted molar refractivity (Wildman–Crippen MR) is 102 cm³/mol. The van der Waals surface area contributed by atoms with Crippen LogP contribution in [0.5, 0.6) is 0 Å². The Morgan fingerprint density at radius 3 is 2.31 bits per heavy atom. The van der Waals surface area contributed by atoms with Crippen LogP contribution >= 0.6 is 11.8 Å². The number of hydrogen-bond acceptors (Lipinski definition) is 6. The Morgan fingerprint density at radius 2 is 1.69 bits per heavy atom. The van der Waals surface area contributed by atoms with Crippen LogP contribution in [0.25, 0.3) is 5.57 Å². The SMILES string of the molecule is CSc1n[nH]c(N2[C@@H](O)C(O)=C(c3ccccc3)[C@H]2c2ccccc2)n1. The van der Waals surface area contributed by atoms with Gasteiger partial charge < -0.3 is 10.2 Å². The highest BCUT2D eigenvalue weighted by Crippen LogP contribution is 2.46. The van der Waals surface area contributed by atoms with Gasteiger partial charge in [-0.1, -0.05) is 72.4 Å². The number of nitrogens with zero attached hydrogens (tertiary/aromatic N) is 3. The molecule has 3 aromatic rings. The lowest BCUT2D eigenvalue weighted by Crippen LogP contribution is -2.35. The van der Waals surface area contributed by atoms with Crippen LogP contribution in [0.4, 0.5) is 5.95 Å². The molecule has 3 N–H and O–H groups in total. The molecule has 132 valence electrons. The molecule has 2 atom stereocenters. The Bertz CT molecular complexity index is 927. The number of thioether (sulfide) groups is 1. The largest absolute Gasteiger partial charge is 0.507 e. The third-order valence-electron chi connectivity index (χ3n) is 4.42. The lowest BCUT2D eigenvalue weighted by atomic mass is 9.94. The van der Waals surface area contributed by atoms with Gasteiger partial charge in [0.1, 0.15) is 5.76 Å². The van der Waals surface area contributed by atoms with E-state index in [1.807, 2.05) is 66.9 Å². The summed E-state index contributed by atoms with van der Waals surface area (Å²) in [5.41, 5.74) is 2.45. The van der Waals surface area contributed by atoms with Crippen molar-refractivity contribution in [3.05, 3.63) is 77.5 Å². The van der Waals surface area contributed by atoms with Gasteiger partial charge in [0.25, 0.3) is 0 Å². The van der Waals surface area contributed by atoms with Gasteiger partial charge in [-0.3, -0.25) is 4.90 Å². The van der Waals surface area contributed by atoms with Gasteiger partial charge in [-0.2, -0.15) is 4.98 Å². The molecule has 6 nitrogen and oxygen atoms in total. The van der Waals surface area contributed by atoms with Crippen molar-refractivity contribution in [1.29, 1.82) is 0 Å². The fraction of sp³-hybridized carbons (Fsp3) is 0.158. The summed E-state index contributed by atoms with van der Waals surface area (Å²) in [7, 11) is 0. The summed E-state index contributed by atoms with van der Waals surface area (Å²) < 4.78 is 0. The Kier molecular flexibility index (Phi) is 4.40. The standard InChI is InChI=1S/C19H18N4O2S/c1-26-19-20-18(21-22-19)23-15(13-10-6-3-7-11-13)14(16(24)17(23)25)12-8-4-2-5-9-12/h2-11,15,17,24-25H,1H3,(H,20,21,22)/t15-,17+/m1/s1. The molecular formula is C19H18N4O2S. The number of benzene rings is 2. The lowest BCUT2D eigenvalue weighted by molar-refractivity contribution is 0.156. The summed E-state index contributed by atoms with van der Waals surface area (Å²) in [5.74, 6) is 0.334. The second kappa shape index (κ2) is 6.86. The second-order valence-electron chi connectivity index (χ2n) is 5.90. The topological polar surface area (TPSA) is 85.3 Å². The van der Waals surface area contributed by atoms with Gasteiger partial charge in [-0.05, 0) is 17.4 Å². The highest BCUT2D eigenvalue weighted by Gasteiger charge is 2.43. The minimum atomic E-state index is -1.21. The van der Waals surface area contributed by atoms with E-state index in [9.17, 15) is 10.2 Å². The Balaban J connectivity index is 1.87. The van der Waals surface area contributed by atoms with E-state index in [0.717, 1.165) is 11.1 Å². The van der Waals surface area contributed by atoms with E-state index in [1.165, 1.54) is 11.8 Å². The van der Waals surface area contributed by atoms with Crippen LogP contribution in [0.2, 0.25) is 0 Å². The normalized spacial score (nSPS) is 20.0. The number of anilines is 1. The maximum absolute atomic E-state index is 10.8. The van der Waals surface area contributed by atoms with Gasteiger partial charge in [0.15, 0.2) is 6.23 Å². The molecule has 4 rings (SSSR count). The average Bonchev–Trinajstić information content (AvgIpc) is 3.26. The van der Waals surface area contributed by atoms with Crippen molar-refractivity contribution >= 4 is 23.3 Å². The molecule has 0 bridgehead atoms. The number of nitrogens with one attached hydrogen (secondary N) is 1. The zero-order chi connectivity index (χ0) is 18.1. The van der Waals surface area contributed by atoms with Crippen LogP contribution in [-0.2, 0) is 0 Å². The molecule has 2 aromatic carbocycles. The van der Waals surface area contributed by atoms with E-state index in [-0.39, 0.29) is 5.76 Å². The Hall–Kier alpha value is -2.77. The first kappa shape index (κ1) is 16.7. The molecule has 1 aliphatic rings. The number of aliphatic hydroxyl groups is 2. The minimum absolute atomic E-state index is 0.0767. The number of aliphatic hydroxyl groups excluding tert-OH is 2. The fourth-order valence-electron chi connectivity index (χ4n) is 3.26. The van der Waals surface area contributed by atoms with Crippen molar-refractivity contribution < 1.29 is 10.2 Å². The van der Waals surface area contributed by atoms with Crippen molar-refractivity contribution in [3.63, 3.8) is 0 Å². The summed E-state index contributed by atoms with van der Waals surface area (Å²) >= 11 is 1.41. The zero-order valence-corrected chi connectivity index (χ0v) is 14.9. The summed E-state index contributed by atoms with van der Waals surface area (Å²) in [4.78, 5) is 6.08. The number of rotatable bonds is 4. The molecule has 0 radical (unpaired) electrons.